The van der Waals surface area contributed by atoms with Gasteiger partial charge in [-0.05, 0) is 39.3 Å². The highest BCUT2D eigenvalue weighted by Gasteiger charge is 2.16. The summed E-state index contributed by atoms with van der Waals surface area (Å²) in [6, 6.07) is 4.18. The zero-order valence-electron chi connectivity index (χ0n) is 12.8. The Morgan fingerprint density at radius 3 is 2.62 bits per heavy atom. The predicted octanol–water partition coefficient (Wildman–Crippen LogP) is 4.11. The van der Waals surface area contributed by atoms with Crippen LogP contribution in [-0.2, 0) is 13.0 Å². The van der Waals surface area contributed by atoms with Crippen LogP contribution in [0, 0.1) is 5.82 Å². The van der Waals surface area contributed by atoms with Gasteiger partial charge in [0.15, 0.2) is 0 Å². The maximum atomic E-state index is 13.9. The molecule has 3 nitrogen and oxygen atoms in total. The summed E-state index contributed by atoms with van der Waals surface area (Å²) in [5, 5.41) is 13.4. The number of nitrogens with one attached hydrogen (secondary N) is 1. The summed E-state index contributed by atoms with van der Waals surface area (Å²) in [6.45, 7) is 9.11. The number of thiazole rings is 1. The van der Waals surface area contributed by atoms with E-state index in [9.17, 15) is 9.50 Å². The molecule has 2 rings (SSSR count). The molecule has 0 aliphatic carbocycles. The van der Waals surface area contributed by atoms with Gasteiger partial charge in [0, 0.05) is 28.6 Å². The average Bonchev–Trinajstić information content (AvgIpc) is 2.78. The van der Waals surface area contributed by atoms with Crippen molar-refractivity contribution in [2.24, 2.45) is 0 Å². The van der Waals surface area contributed by atoms with E-state index >= 15 is 0 Å². The Morgan fingerprint density at radius 1 is 1.33 bits per heavy atom. The minimum Gasteiger partial charge on any atom is -0.508 e. The number of hydrogen-bond donors (Lipinski definition) is 2. The molecule has 0 unspecified atom stereocenters. The Hall–Kier alpha value is -1.46. The molecule has 0 aliphatic rings. The van der Waals surface area contributed by atoms with Crippen LogP contribution in [0.4, 0.5) is 4.39 Å². The van der Waals surface area contributed by atoms with Crippen molar-refractivity contribution >= 4 is 11.3 Å². The van der Waals surface area contributed by atoms with Crippen molar-refractivity contribution in [2.75, 3.05) is 0 Å². The summed E-state index contributed by atoms with van der Waals surface area (Å²) >= 11 is 1.50. The van der Waals surface area contributed by atoms with E-state index in [2.05, 4.69) is 31.1 Å². The third-order valence-electron chi connectivity index (χ3n) is 3.08. The molecule has 2 aromatic rings. The smallest absolute Gasteiger partial charge is 0.137 e. The first-order chi connectivity index (χ1) is 9.80. The maximum absolute atomic E-state index is 13.9. The summed E-state index contributed by atoms with van der Waals surface area (Å²) in [7, 11) is 0. The number of aryl methyl sites for hydroxylation is 1. The van der Waals surface area contributed by atoms with Gasteiger partial charge in [-0.15, -0.1) is 11.3 Å². The molecule has 0 bridgehead atoms. The van der Waals surface area contributed by atoms with Crippen LogP contribution in [0.15, 0.2) is 18.2 Å². The van der Waals surface area contributed by atoms with Crippen LogP contribution in [0.3, 0.4) is 0 Å². The van der Waals surface area contributed by atoms with Crippen molar-refractivity contribution in [2.45, 2.75) is 46.2 Å². The zero-order chi connectivity index (χ0) is 15.6. The molecule has 0 radical (unpaired) electrons. The van der Waals surface area contributed by atoms with Crippen LogP contribution in [-0.4, -0.2) is 15.6 Å². The van der Waals surface area contributed by atoms with Crippen molar-refractivity contribution in [3.63, 3.8) is 0 Å². The molecule has 1 aromatic heterocycles. The molecule has 0 saturated carbocycles. The molecule has 1 aromatic carbocycles. The summed E-state index contributed by atoms with van der Waals surface area (Å²) in [5.74, 6) is -0.514. The lowest BCUT2D eigenvalue weighted by atomic mass is 10.1. The standard InChI is InChI=1S/C16H21FN2OS/c1-5-13-14(9-18-16(2,3)4)21-15(19-13)11-7-6-10(20)8-12(11)17/h6-8,18,20H,5,9H2,1-4H3. The molecule has 5 heteroatoms. The molecule has 2 N–H and O–H groups in total. The fourth-order valence-corrected chi connectivity index (χ4v) is 3.05. The second kappa shape index (κ2) is 6.12. The van der Waals surface area contributed by atoms with E-state index in [1.807, 2.05) is 6.92 Å². The normalized spacial score (nSPS) is 11.9. The molecular formula is C16H21FN2OS. The molecule has 0 saturated heterocycles. The number of halogens is 1. The van der Waals surface area contributed by atoms with Gasteiger partial charge in [-0.2, -0.15) is 0 Å². The predicted molar refractivity (Wildman–Crippen MR) is 85.1 cm³/mol. The Morgan fingerprint density at radius 2 is 2.05 bits per heavy atom. The van der Waals surface area contributed by atoms with Gasteiger partial charge >= 0.3 is 0 Å². The number of hydrogen-bond acceptors (Lipinski definition) is 4. The van der Waals surface area contributed by atoms with E-state index in [-0.39, 0.29) is 11.3 Å². The van der Waals surface area contributed by atoms with E-state index in [4.69, 9.17) is 0 Å². The molecule has 114 valence electrons. The number of phenolic OH excluding ortho intramolecular Hbond substituents is 1. The highest BCUT2D eigenvalue weighted by Crippen LogP contribution is 2.32. The second-order valence-electron chi connectivity index (χ2n) is 6.01. The summed E-state index contributed by atoms with van der Waals surface area (Å²) < 4.78 is 13.9. The van der Waals surface area contributed by atoms with E-state index in [1.54, 1.807) is 6.07 Å². The first-order valence-corrected chi connectivity index (χ1v) is 7.84. The molecule has 0 spiro atoms. The third-order valence-corrected chi connectivity index (χ3v) is 4.21. The quantitative estimate of drug-likeness (QED) is 0.893. The van der Waals surface area contributed by atoms with E-state index in [0.29, 0.717) is 10.6 Å². The summed E-state index contributed by atoms with van der Waals surface area (Å²) in [6.07, 6.45) is 0.817. The zero-order valence-corrected chi connectivity index (χ0v) is 13.6. The van der Waals surface area contributed by atoms with Crippen molar-refractivity contribution in [3.8, 4) is 16.3 Å². The minimum atomic E-state index is -0.443. The Kier molecular flexibility index (Phi) is 4.64. The molecule has 0 atom stereocenters. The van der Waals surface area contributed by atoms with Gasteiger partial charge in [0.2, 0.25) is 0 Å². The highest BCUT2D eigenvalue weighted by atomic mass is 32.1. The Labute approximate surface area is 128 Å². The Balaban J connectivity index is 2.31. The molecule has 1 heterocycles. The summed E-state index contributed by atoms with van der Waals surface area (Å²) in [4.78, 5) is 5.68. The number of phenols is 1. The maximum Gasteiger partial charge on any atom is 0.137 e. The SMILES string of the molecule is CCc1nc(-c2ccc(O)cc2F)sc1CNC(C)(C)C. The van der Waals surface area contributed by atoms with Gasteiger partial charge in [0.1, 0.15) is 16.6 Å². The van der Waals surface area contributed by atoms with E-state index in [0.717, 1.165) is 29.6 Å². The van der Waals surface area contributed by atoms with Crippen LogP contribution < -0.4 is 5.32 Å². The number of benzene rings is 1. The van der Waals surface area contributed by atoms with Gasteiger partial charge < -0.3 is 10.4 Å². The first-order valence-electron chi connectivity index (χ1n) is 7.02. The highest BCUT2D eigenvalue weighted by molar-refractivity contribution is 7.15. The lowest BCUT2D eigenvalue weighted by Crippen LogP contribution is -2.35. The average molecular weight is 308 g/mol. The summed E-state index contributed by atoms with van der Waals surface area (Å²) in [5.41, 5.74) is 1.47. The monoisotopic (exact) mass is 308 g/mol. The van der Waals surface area contributed by atoms with Gasteiger partial charge in [-0.3, -0.25) is 0 Å². The fraction of sp³-hybridized carbons (Fsp3) is 0.438. The van der Waals surface area contributed by atoms with Crippen molar-refractivity contribution in [3.05, 3.63) is 34.6 Å². The van der Waals surface area contributed by atoms with Crippen LogP contribution in [0.2, 0.25) is 0 Å². The largest absolute Gasteiger partial charge is 0.508 e. The molecule has 0 aliphatic heterocycles. The first kappa shape index (κ1) is 15.9. The van der Waals surface area contributed by atoms with Crippen LogP contribution in [0.1, 0.15) is 38.3 Å². The number of aromatic hydroxyl groups is 1. The topological polar surface area (TPSA) is 45.2 Å². The van der Waals surface area contributed by atoms with Gasteiger partial charge in [-0.1, -0.05) is 6.92 Å². The van der Waals surface area contributed by atoms with Crippen molar-refractivity contribution in [1.82, 2.24) is 10.3 Å². The molecule has 0 fully saturated rings. The van der Waals surface area contributed by atoms with Gasteiger partial charge in [0.25, 0.3) is 0 Å². The van der Waals surface area contributed by atoms with Crippen LogP contribution in [0.5, 0.6) is 5.75 Å². The van der Waals surface area contributed by atoms with E-state index < -0.39 is 5.82 Å². The van der Waals surface area contributed by atoms with Gasteiger partial charge in [0.05, 0.1) is 5.69 Å². The van der Waals surface area contributed by atoms with Crippen LogP contribution in [0.25, 0.3) is 10.6 Å². The van der Waals surface area contributed by atoms with E-state index in [1.165, 1.54) is 17.4 Å². The van der Waals surface area contributed by atoms with Crippen molar-refractivity contribution in [1.29, 1.82) is 0 Å². The molecular weight excluding hydrogens is 287 g/mol. The molecule has 21 heavy (non-hydrogen) atoms. The minimum absolute atomic E-state index is 0.0267. The number of aromatic nitrogens is 1. The van der Waals surface area contributed by atoms with Crippen LogP contribution >= 0.6 is 11.3 Å². The Bertz CT molecular complexity index is 632. The van der Waals surface area contributed by atoms with Crippen molar-refractivity contribution < 1.29 is 9.50 Å². The fourth-order valence-electron chi connectivity index (χ4n) is 1.94. The lowest BCUT2D eigenvalue weighted by molar-refractivity contribution is 0.425. The lowest BCUT2D eigenvalue weighted by Gasteiger charge is -2.20. The number of rotatable bonds is 4. The van der Waals surface area contributed by atoms with Gasteiger partial charge in [-0.25, -0.2) is 9.37 Å². The molecule has 0 amide bonds. The number of nitrogens with zero attached hydrogens (tertiary/aromatic N) is 1. The third kappa shape index (κ3) is 4.02. The second-order valence-corrected chi connectivity index (χ2v) is 7.09.